The molecule has 5 heterocycles. The van der Waals surface area contributed by atoms with Crippen molar-refractivity contribution >= 4 is 17.2 Å². The van der Waals surface area contributed by atoms with E-state index >= 15 is 0 Å². The normalized spacial score (nSPS) is 22.7. The molecule has 6 rings (SSSR count). The third kappa shape index (κ3) is 3.94. The quantitative estimate of drug-likeness (QED) is 0.565. The van der Waals surface area contributed by atoms with Crippen molar-refractivity contribution in [3.8, 4) is 16.5 Å². The molecule has 3 atom stereocenters. The fourth-order valence-electron chi connectivity index (χ4n) is 4.51. The molecule has 3 aliphatic rings. The van der Waals surface area contributed by atoms with E-state index in [2.05, 4.69) is 15.0 Å². The number of halogens is 3. The zero-order chi connectivity index (χ0) is 22.3. The summed E-state index contributed by atoms with van der Waals surface area (Å²) in [6.45, 7) is 0.609. The summed E-state index contributed by atoms with van der Waals surface area (Å²) in [5.74, 6) is 0.207. The summed E-state index contributed by atoms with van der Waals surface area (Å²) < 4.78 is 44.4. The van der Waals surface area contributed by atoms with E-state index in [-0.39, 0.29) is 29.9 Å². The van der Waals surface area contributed by atoms with E-state index in [1.54, 1.807) is 23.4 Å². The van der Waals surface area contributed by atoms with E-state index in [1.165, 1.54) is 17.4 Å². The molecule has 0 aromatic carbocycles. The highest BCUT2D eigenvalue weighted by molar-refractivity contribution is 7.13. The van der Waals surface area contributed by atoms with Crippen molar-refractivity contribution in [3.63, 3.8) is 0 Å². The second-order valence-electron chi connectivity index (χ2n) is 7.98. The van der Waals surface area contributed by atoms with Crippen molar-refractivity contribution in [1.29, 1.82) is 0 Å². The van der Waals surface area contributed by atoms with Gasteiger partial charge in [-0.3, -0.25) is 9.78 Å². The Kier molecular flexibility index (Phi) is 5.32. The summed E-state index contributed by atoms with van der Waals surface area (Å²) in [5, 5.41) is 2.57. The van der Waals surface area contributed by atoms with Crippen LogP contribution in [0.5, 0.6) is 5.88 Å². The van der Waals surface area contributed by atoms with Gasteiger partial charge in [-0.25, -0.2) is 9.97 Å². The molecule has 2 aliphatic heterocycles. The standard InChI is InChI=1S/C22H19F3N4O2S/c23-22(24,25)14-4-6-18(28-11-14)31-17-10-13-3-5-16(17)29(12-13)21(30)19-15(2-1-7-26-19)20-27-8-9-32-20/h1-2,4,6-9,11,13,16-17H,3,5,10,12H2. The lowest BCUT2D eigenvalue weighted by molar-refractivity contribution is -0.137. The molecule has 2 bridgehead atoms. The first-order valence-electron chi connectivity index (χ1n) is 10.3. The first-order valence-corrected chi connectivity index (χ1v) is 11.1. The minimum atomic E-state index is -4.45. The number of ether oxygens (including phenoxy) is 1. The molecule has 1 saturated carbocycles. The second-order valence-corrected chi connectivity index (χ2v) is 8.87. The van der Waals surface area contributed by atoms with Crippen LogP contribution < -0.4 is 4.74 Å². The number of alkyl halides is 3. The maximum Gasteiger partial charge on any atom is 0.417 e. The zero-order valence-corrected chi connectivity index (χ0v) is 17.6. The molecule has 166 valence electrons. The SMILES string of the molecule is O=C(c1ncccc1-c1nccs1)N1CC2CCC1C(Oc1ccc(C(F)(F)F)cn1)C2. The Labute approximate surface area is 186 Å². The number of pyridine rings is 2. The van der Waals surface area contributed by atoms with Crippen molar-refractivity contribution in [2.24, 2.45) is 5.92 Å². The number of carbonyl (C=O) groups excluding carboxylic acids is 1. The molecule has 3 fully saturated rings. The highest BCUT2D eigenvalue weighted by atomic mass is 32.1. The van der Waals surface area contributed by atoms with Crippen LogP contribution in [0.1, 0.15) is 35.3 Å². The monoisotopic (exact) mass is 460 g/mol. The summed E-state index contributed by atoms with van der Waals surface area (Å²) in [5.41, 5.74) is 0.217. The van der Waals surface area contributed by atoms with Gasteiger partial charge in [-0.1, -0.05) is 0 Å². The molecule has 3 unspecified atom stereocenters. The molecule has 0 spiro atoms. The molecular weight excluding hydrogens is 441 g/mol. The van der Waals surface area contributed by atoms with Gasteiger partial charge < -0.3 is 9.64 Å². The fourth-order valence-corrected chi connectivity index (χ4v) is 5.17. The van der Waals surface area contributed by atoms with Gasteiger partial charge in [-0.15, -0.1) is 11.3 Å². The van der Waals surface area contributed by atoms with Gasteiger partial charge in [-0.2, -0.15) is 13.2 Å². The first kappa shape index (κ1) is 20.9. The number of aromatic nitrogens is 3. The van der Waals surface area contributed by atoms with Crippen molar-refractivity contribution in [2.75, 3.05) is 6.54 Å². The average Bonchev–Trinajstić information content (AvgIpc) is 3.33. The van der Waals surface area contributed by atoms with Gasteiger partial charge in [0, 0.05) is 42.1 Å². The lowest BCUT2D eigenvalue weighted by Crippen LogP contribution is -2.59. The van der Waals surface area contributed by atoms with Crippen LogP contribution >= 0.6 is 11.3 Å². The largest absolute Gasteiger partial charge is 0.472 e. The maximum atomic E-state index is 13.5. The zero-order valence-electron chi connectivity index (χ0n) is 16.8. The van der Waals surface area contributed by atoms with Crippen LogP contribution in [0.3, 0.4) is 0 Å². The Morgan fingerprint density at radius 1 is 1.12 bits per heavy atom. The van der Waals surface area contributed by atoms with Crippen molar-refractivity contribution in [2.45, 2.75) is 37.6 Å². The summed E-state index contributed by atoms with van der Waals surface area (Å²) in [4.78, 5) is 27.8. The number of thiazole rings is 1. The molecule has 1 aliphatic carbocycles. The van der Waals surface area contributed by atoms with Gasteiger partial charge in [0.2, 0.25) is 5.88 Å². The fraction of sp³-hybridized carbons (Fsp3) is 0.364. The maximum absolute atomic E-state index is 13.5. The summed E-state index contributed by atoms with van der Waals surface area (Å²) >= 11 is 1.44. The summed E-state index contributed by atoms with van der Waals surface area (Å²) in [6, 6.07) is 5.61. The smallest absolute Gasteiger partial charge is 0.417 e. The number of fused-ring (bicyclic) bond motifs is 3. The van der Waals surface area contributed by atoms with Crippen molar-refractivity contribution in [1.82, 2.24) is 19.9 Å². The van der Waals surface area contributed by atoms with Gasteiger partial charge >= 0.3 is 6.18 Å². The molecule has 3 aromatic rings. The Bertz CT molecular complexity index is 1110. The molecule has 6 nitrogen and oxygen atoms in total. The number of hydrogen-bond acceptors (Lipinski definition) is 6. The Morgan fingerprint density at radius 3 is 2.69 bits per heavy atom. The Morgan fingerprint density at radius 2 is 2.00 bits per heavy atom. The van der Waals surface area contributed by atoms with E-state index in [0.29, 0.717) is 17.8 Å². The molecule has 10 heteroatoms. The van der Waals surface area contributed by atoms with E-state index in [1.807, 2.05) is 11.4 Å². The molecule has 1 amide bonds. The van der Waals surface area contributed by atoms with E-state index < -0.39 is 11.7 Å². The van der Waals surface area contributed by atoms with Gasteiger partial charge in [-0.05, 0) is 43.4 Å². The highest BCUT2D eigenvalue weighted by Crippen LogP contribution is 2.39. The van der Waals surface area contributed by atoms with Crippen LogP contribution in [0, 0.1) is 5.92 Å². The predicted molar refractivity (Wildman–Crippen MR) is 111 cm³/mol. The number of nitrogens with zero attached hydrogens (tertiary/aromatic N) is 4. The first-order chi connectivity index (χ1) is 15.4. The lowest BCUT2D eigenvalue weighted by Gasteiger charge is -2.49. The van der Waals surface area contributed by atoms with Gasteiger partial charge in [0.1, 0.15) is 16.8 Å². The van der Waals surface area contributed by atoms with Crippen molar-refractivity contribution < 1.29 is 22.7 Å². The van der Waals surface area contributed by atoms with E-state index in [4.69, 9.17) is 4.74 Å². The third-order valence-electron chi connectivity index (χ3n) is 5.99. The Balaban J connectivity index is 1.37. The number of piperidine rings is 2. The predicted octanol–water partition coefficient (Wildman–Crippen LogP) is 4.69. The van der Waals surface area contributed by atoms with E-state index in [0.717, 1.165) is 36.5 Å². The number of hydrogen-bond donors (Lipinski definition) is 0. The van der Waals surface area contributed by atoms with Crippen LogP contribution in [0.4, 0.5) is 13.2 Å². The Hall–Kier alpha value is -3.01. The lowest BCUT2D eigenvalue weighted by atomic mass is 9.77. The van der Waals surface area contributed by atoms with Gasteiger partial charge in [0.15, 0.2) is 0 Å². The molecule has 0 N–H and O–H groups in total. The molecule has 0 radical (unpaired) electrons. The minimum absolute atomic E-state index is 0.129. The number of amides is 1. The topological polar surface area (TPSA) is 68.2 Å². The number of carbonyl (C=O) groups is 1. The van der Waals surface area contributed by atoms with Crippen LogP contribution in [0.2, 0.25) is 0 Å². The third-order valence-corrected chi connectivity index (χ3v) is 6.80. The highest BCUT2D eigenvalue weighted by Gasteiger charge is 2.45. The van der Waals surface area contributed by atoms with Gasteiger partial charge in [0.25, 0.3) is 5.91 Å². The minimum Gasteiger partial charge on any atom is -0.472 e. The average molecular weight is 460 g/mol. The van der Waals surface area contributed by atoms with Crippen LogP contribution in [-0.2, 0) is 6.18 Å². The van der Waals surface area contributed by atoms with Gasteiger partial charge in [0.05, 0.1) is 11.6 Å². The van der Waals surface area contributed by atoms with E-state index in [9.17, 15) is 18.0 Å². The van der Waals surface area contributed by atoms with Crippen LogP contribution in [-0.4, -0.2) is 44.4 Å². The van der Waals surface area contributed by atoms with Crippen LogP contribution in [0.25, 0.3) is 10.6 Å². The molecule has 32 heavy (non-hydrogen) atoms. The molecule has 3 aromatic heterocycles. The number of rotatable bonds is 4. The molecular formula is C22H19F3N4O2S. The summed E-state index contributed by atoms with van der Waals surface area (Å²) in [7, 11) is 0. The molecule has 2 saturated heterocycles. The summed E-state index contributed by atoms with van der Waals surface area (Å²) in [6.07, 6.45) is 1.75. The van der Waals surface area contributed by atoms with Crippen LogP contribution in [0.15, 0.2) is 48.2 Å². The van der Waals surface area contributed by atoms with Crippen molar-refractivity contribution in [3.05, 3.63) is 59.5 Å². The second kappa shape index (κ2) is 8.16.